The normalized spacial score (nSPS) is 22.0. The second kappa shape index (κ2) is 7.76. The number of nitrogens with zero attached hydrogens (tertiary/aromatic N) is 2. The van der Waals surface area contributed by atoms with E-state index in [1.54, 1.807) is 0 Å². The highest BCUT2D eigenvalue weighted by Crippen LogP contribution is 2.29. The Balaban J connectivity index is 2.01. The zero-order chi connectivity index (χ0) is 16.0. The molecule has 2 rings (SSSR count). The van der Waals surface area contributed by atoms with Gasteiger partial charge in [0.05, 0.1) is 6.54 Å². The van der Waals surface area contributed by atoms with Gasteiger partial charge in [-0.2, -0.15) is 0 Å². The lowest BCUT2D eigenvalue weighted by molar-refractivity contribution is 0.0971. The second-order valence-electron chi connectivity index (χ2n) is 6.94. The lowest BCUT2D eigenvalue weighted by Gasteiger charge is -2.34. The molecule has 1 fully saturated rings. The zero-order valence-electron chi connectivity index (χ0n) is 14.0. The molecule has 120 valence electrons. The van der Waals surface area contributed by atoms with Crippen molar-refractivity contribution in [3.05, 3.63) is 30.1 Å². The van der Waals surface area contributed by atoms with E-state index in [9.17, 15) is 5.11 Å². The molecule has 1 saturated heterocycles. The van der Waals surface area contributed by atoms with E-state index in [0.717, 1.165) is 13.0 Å². The van der Waals surface area contributed by atoms with Crippen molar-refractivity contribution in [2.24, 2.45) is 5.92 Å². The molecule has 0 radical (unpaired) electrons. The average Bonchev–Trinajstić information content (AvgIpc) is 2.47. The molecule has 1 N–H and O–H groups in total. The van der Waals surface area contributed by atoms with Gasteiger partial charge in [-0.3, -0.25) is 9.88 Å². The lowest BCUT2D eigenvalue weighted by Crippen LogP contribution is -2.34. The molecule has 1 aromatic heterocycles. The molecule has 3 heteroatoms. The molecule has 2 atom stereocenters. The fraction of sp³-hybridized carbons (Fsp3) is 0.632. The highest BCUT2D eigenvalue weighted by atomic mass is 16.3. The highest BCUT2D eigenvalue weighted by Gasteiger charge is 2.23. The minimum absolute atomic E-state index is 0.409. The number of hydrogen-bond donors (Lipinski definition) is 1. The van der Waals surface area contributed by atoms with Crippen LogP contribution in [0.4, 0.5) is 0 Å². The van der Waals surface area contributed by atoms with E-state index in [2.05, 4.69) is 41.6 Å². The molecule has 1 aromatic rings. The molecule has 1 aliphatic rings. The average molecular weight is 300 g/mol. The van der Waals surface area contributed by atoms with Crippen molar-refractivity contribution >= 4 is 0 Å². The summed E-state index contributed by atoms with van der Waals surface area (Å²) in [6, 6.07) is 4.56. The monoisotopic (exact) mass is 300 g/mol. The Bertz CT molecular complexity index is 513. The molecule has 0 saturated carbocycles. The topological polar surface area (TPSA) is 36.4 Å². The Morgan fingerprint density at radius 2 is 2.27 bits per heavy atom. The molecule has 3 nitrogen and oxygen atoms in total. The SMILES string of the molecule is CC(C)C[C@@](C)(O)C#CCN1CCCC[C@@H]1c1cccnc1. The van der Waals surface area contributed by atoms with Crippen molar-refractivity contribution in [3.8, 4) is 11.8 Å². The first-order valence-electron chi connectivity index (χ1n) is 8.34. The van der Waals surface area contributed by atoms with Crippen LogP contribution in [0.2, 0.25) is 0 Å². The number of likely N-dealkylation sites (tertiary alicyclic amines) is 1. The Kier molecular flexibility index (Phi) is 5.99. The van der Waals surface area contributed by atoms with Gasteiger partial charge in [-0.05, 0) is 50.3 Å². The molecule has 0 amide bonds. The quantitative estimate of drug-likeness (QED) is 0.866. The Morgan fingerprint density at radius 1 is 1.45 bits per heavy atom. The van der Waals surface area contributed by atoms with Gasteiger partial charge in [-0.15, -0.1) is 0 Å². The fourth-order valence-electron chi connectivity index (χ4n) is 3.31. The van der Waals surface area contributed by atoms with Crippen molar-refractivity contribution in [1.29, 1.82) is 0 Å². The molecule has 0 aliphatic carbocycles. The minimum Gasteiger partial charge on any atom is -0.378 e. The van der Waals surface area contributed by atoms with Crippen molar-refractivity contribution in [2.75, 3.05) is 13.1 Å². The summed E-state index contributed by atoms with van der Waals surface area (Å²) in [6.07, 6.45) is 8.14. The number of rotatable bonds is 4. The standard InChI is InChI=1S/C19H28N2O/c1-16(2)14-19(3,22)10-7-13-21-12-5-4-9-18(21)17-8-6-11-20-15-17/h6,8,11,15-16,18,22H,4-5,9,12-14H2,1-3H3/t18-,19+/m1/s1. The first kappa shape index (κ1) is 17.0. The van der Waals surface area contributed by atoms with Gasteiger partial charge in [0.2, 0.25) is 0 Å². The summed E-state index contributed by atoms with van der Waals surface area (Å²) < 4.78 is 0. The number of aromatic nitrogens is 1. The molecule has 0 bridgehead atoms. The van der Waals surface area contributed by atoms with Crippen LogP contribution in [-0.4, -0.2) is 33.7 Å². The lowest BCUT2D eigenvalue weighted by atomic mass is 9.94. The molecule has 0 spiro atoms. The molecular weight excluding hydrogens is 272 g/mol. The van der Waals surface area contributed by atoms with Crippen LogP contribution < -0.4 is 0 Å². The zero-order valence-corrected chi connectivity index (χ0v) is 14.0. The third-order valence-electron chi connectivity index (χ3n) is 4.13. The van der Waals surface area contributed by atoms with Gasteiger partial charge in [-0.25, -0.2) is 0 Å². The highest BCUT2D eigenvalue weighted by molar-refractivity contribution is 5.17. The van der Waals surface area contributed by atoms with Gasteiger partial charge in [0.15, 0.2) is 0 Å². The second-order valence-corrected chi connectivity index (χ2v) is 6.94. The summed E-state index contributed by atoms with van der Waals surface area (Å²) in [5, 5.41) is 10.3. The van der Waals surface area contributed by atoms with Crippen molar-refractivity contribution in [1.82, 2.24) is 9.88 Å². The molecule has 0 unspecified atom stereocenters. The van der Waals surface area contributed by atoms with E-state index in [1.165, 1.54) is 18.4 Å². The number of piperidine rings is 1. The summed E-state index contributed by atoms with van der Waals surface area (Å²) in [5.74, 6) is 6.71. The predicted octanol–water partition coefficient (Wildman–Crippen LogP) is 3.41. The summed E-state index contributed by atoms with van der Waals surface area (Å²) in [6.45, 7) is 7.82. The van der Waals surface area contributed by atoms with Crippen LogP contribution in [0, 0.1) is 17.8 Å². The minimum atomic E-state index is -0.881. The van der Waals surface area contributed by atoms with Gasteiger partial charge in [0, 0.05) is 18.4 Å². The maximum absolute atomic E-state index is 10.3. The van der Waals surface area contributed by atoms with Gasteiger partial charge < -0.3 is 5.11 Å². The maximum Gasteiger partial charge on any atom is 0.123 e. The smallest absolute Gasteiger partial charge is 0.123 e. The molecule has 2 heterocycles. The number of pyridine rings is 1. The molecular formula is C19H28N2O. The van der Waals surface area contributed by atoms with Gasteiger partial charge >= 0.3 is 0 Å². The van der Waals surface area contributed by atoms with Crippen LogP contribution in [0.15, 0.2) is 24.5 Å². The molecule has 22 heavy (non-hydrogen) atoms. The van der Waals surface area contributed by atoms with Crippen molar-refractivity contribution < 1.29 is 5.11 Å². The number of hydrogen-bond acceptors (Lipinski definition) is 3. The van der Waals surface area contributed by atoms with Gasteiger partial charge in [-0.1, -0.05) is 38.2 Å². The fourth-order valence-corrected chi connectivity index (χ4v) is 3.31. The first-order chi connectivity index (χ1) is 10.5. The van der Waals surface area contributed by atoms with Crippen LogP contribution in [0.25, 0.3) is 0 Å². The Hall–Kier alpha value is -1.37. The van der Waals surface area contributed by atoms with Crippen molar-refractivity contribution in [2.45, 2.75) is 58.1 Å². The van der Waals surface area contributed by atoms with Crippen LogP contribution in [0.1, 0.15) is 58.1 Å². The summed E-state index contributed by atoms with van der Waals surface area (Å²) in [7, 11) is 0. The summed E-state index contributed by atoms with van der Waals surface area (Å²) in [4.78, 5) is 6.66. The van der Waals surface area contributed by atoms with E-state index in [4.69, 9.17) is 0 Å². The van der Waals surface area contributed by atoms with E-state index in [-0.39, 0.29) is 0 Å². The van der Waals surface area contributed by atoms with E-state index in [1.807, 2.05) is 25.4 Å². The first-order valence-corrected chi connectivity index (χ1v) is 8.34. The van der Waals surface area contributed by atoms with E-state index in [0.29, 0.717) is 24.9 Å². The third kappa shape index (κ3) is 5.12. The Labute approximate surface area is 134 Å². The molecule has 0 aromatic carbocycles. The largest absolute Gasteiger partial charge is 0.378 e. The van der Waals surface area contributed by atoms with Crippen LogP contribution >= 0.6 is 0 Å². The van der Waals surface area contributed by atoms with Gasteiger partial charge in [0.1, 0.15) is 5.60 Å². The van der Waals surface area contributed by atoms with Gasteiger partial charge in [0.25, 0.3) is 0 Å². The van der Waals surface area contributed by atoms with Crippen LogP contribution in [0.5, 0.6) is 0 Å². The summed E-state index contributed by atoms with van der Waals surface area (Å²) >= 11 is 0. The maximum atomic E-state index is 10.3. The number of aliphatic hydroxyl groups is 1. The predicted molar refractivity (Wildman–Crippen MR) is 90.3 cm³/mol. The van der Waals surface area contributed by atoms with E-state index < -0.39 is 5.60 Å². The van der Waals surface area contributed by atoms with Crippen LogP contribution in [-0.2, 0) is 0 Å². The Morgan fingerprint density at radius 3 is 2.95 bits per heavy atom. The summed E-state index contributed by atoms with van der Waals surface area (Å²) in [5.41, 5.74) is 0.395. The van der Waals surface area contributed by atoms with Crippen LogP contribution in [0.3, 0.4) is 0 Å². The third-order valence-corrected chi connectivity index (χ3v) is 4.13. The molecule has 1 aliphatic heterocycles. The van der Waals surface area contributed by atoms with E-state index >= 15 is 0 Å². The van der Waals surface area contributed by atoms with Crippen molar-refractivity contribution in [3.63, 3.8) is 0 Å².